The van der Waals surface area contributed by atoms with Gasteiger partial charge in [0, 0.05) is 11.4 Å². The molecule has 0 bridgehead atoms. The van der Waals surface area contributed by atoms with Gasteiger partial charge in [-0.25, -0.2) is 4.99 Å². The number of carbonyl (C=O) groups excluding carboxylic acids is 1. The van der Waals surface area contributed by atoms with E-state index in [-0.39, 0.29) is 5.78 Å². The molecule has 1 N–H and O–H groups in total. The highest BCUT2D eigenvalue weighted by molar-refractivity contribution is 6.03. The van der Waals surface area contributed by atoms with Crippen molar-refractivity contribution in [3.8, 4) is 0 Å². The Morgan fingerprint density at radius 3 is 1.83 bits per heavy atom. The minimum Gasteiger partial charge on any atom is -0.341 e. The van der Waals surface area contributed by atoms with Gasteiger partial charge < -0.3 is 5.32 Å². The summed E-state index contributed by atoms with van der Waals surface area (Å²) in [6.45, 7) is 28.5. The number of hydrogen-bond donors (Lipinski definition) is 1. The zero-order valence-electron chi connectivity index (χ0n) is 20.6. The highest BCUT2D eigenvalue weighted by Gasteiger charge is 2.07. The van der Waals surface area contributed by atoms with Crippen molar-refractivity contribution in [2.45, 2.75) is 88.0 Å². The summed E-state index contributed by atoms with van der Waals surface area (Å²) in [6.07, 6.45) is 11.3. The number of carbonyl (C=O) groups is 1. The summed E-state index contributed by atoms with van der Waals surface area (Å²) in [4.78, 5) is 15.6. The summed E-state index contributed by atoms with van der Waals surface area (Å²) in [6, 6.07) is 0. The molecule has 0 aromatic carbocycles. The van der Waals surface area contributed by atoms with Gasteiger partial charge in [0.15, 0.2) is 5.78 Å². The van der Waals surface area contributed by atoms with Crippen LogP contribution in [0.4, 0.5) is 0 Å². The van der Waals surface area contributed by atoms with Gasteiger partial charge in [-0.1, -0.05) is 86.1 Å². The Hall–Kier alpha value is -2.16. The van der Waals surface area contributed by atoms with Crippen LogP contribution in [0, 0.1) is 5.92 Å². The van der Waals surface area contributed by atoms with Crippen LogP contribution in [-0.2, 0) is 4.79 Å². The summed E-state index contributed by atoms with van der Waals surface area (Å²) in [5.41, 5.74) is 2.99. The summed E-state index contributed by atoms with van der Waals surface area (Å²) >= 11 is 0. The zero-order chi connectivity index (χ0) is 23.4. The fourth-order valence-electron chi connectivity index (χ4n) is 2.39. The van der Waals surface area contributed by atoms with Gasteiger partial charge in [-0.2, -0.15) is 0 Å². The second kappa shape index (κ2) is 20.6. The van der Waals surface area contributed by atoms with E-state index in [9.17, 15) is 4.79 Å². The van der Waals surface area contributed by atoms with Crippen molar-refractivity contribution in [2.75, 3.05) is 0 Å². The van der Waals surface area contributed by atoms with Crippen LogP contribution in [0.1, 0.15) is 88.0 Å². The molecule has 1 saturated carbocycles. The number of Topliss-reactive ketones (excluding diaryl/α,β-unsaturated/α-hetero) is 1. The molecule has 0 atom stereocenters. The van der Waals surface area contributed by atoms with E-state index in [4.69, 9.17) is 0 Å². The van der Waals surface area contributed by atoms with E-state index < -0.39 is 0 Å². The van der Waals surface area contributed by atoms with Crippen molar-refractivity contribution in [3.05, 3.63) is 60.6 Å². The molecule has 1 fully saturated rings. The van der Waals surface area contributed by atoms with Crippen LogP contribution in [0.5, 0.6) is 0 Å². The Morgan fingerprint density at radius 1 is 1.03 bits per heavy atom. The number of nitrogens with one attached hydrogen (secondary N) is 1. The van der Waals surface area contributed by atoms with E-state index in [0.29, 0.717) is 17.1 Å². The van der Waals surface area contributed by atoms with Gasteiger partial charge in [-0.3, -0.25) is 4.79 Å². The van der Waals surface area contributed by atoms with Crippen LogP contribution in [-0.4, -0.2) is 11.5 Å². The fourth-order valence-corrected chi connectivity index (χ4v) is 2.39. The first-order valence-electron chi connectivity index (χ1n) is 10.9. The topological polar surface area (TPSA) is 41.5 Å². The molecule has 1 aliphatic carbocycles. The van der Waals surface area contributed by atoms with Crippen LogP contribution in [0.15, 0.2) is 65.6 Å². The molecule has 0 saturated heterocycles. The Morgan fingerprint density at radius 2 is 1.52 bits per heavy atom. The third kappa shape index (κ3) is 17.7. The highest BCUT2D eigenvalue weighted by atomic mass is 16.1. The molecule has 0 unspecified atom stereocenters. The Labute approximate surface area is 181 Å². The predicted octanol–water partition coefficient (Wildman–Crippen LogP) is 7.94. The van der Waals surface area contributed by atoms with E-state index in [2.05, 4.69) is 37.0 Å². The van der Waals surface area contributed by atoms with Crippen LogP contribution in [0.2, 0.25) is 0 Å². The Bertz CT molecular complexity index is 586. The van der Waals surface area contributed by atoms with E-state index in [1.165, 1.54) is 25.7 Å². The summed E-state index contributed by atoms with van der Waals surface area (Å²) in [7, 11) is 0. The first-order valence-corrected chi connectivity index (χ1v) is 10.9. The zero-order valence-corrected chi connectivity index (χ0v) is 20.6. The molecule has 29 heavy (non-hydrogen) atoms. The molecule has 3 heteroatoms. The number of hydrogen-bond acceptors (Lipinski definition) is 3. The number of aliphatic imine (C=N–C) groups is 1. The fraction of sp³-hybridized carbons (Fsp3) is 0.538. The molecule has 166 valence electrons. The lowest BCUT2D eigenvalue weighted by Crippen LogP contribution is -2.09. The quantitative estimate of drug-likeness (QED) is 0.267. The Kier molecular flexibility index (Phi) is 22.4. The van der Waals surface area contributed by atoms with Crippen LogP contribution in [0.25, 0.3) is 0 Å². The maximum absolute atomic E-state index is 11.2. The first-order chi connectivity index (χ1) is 13.7. The molecule has 0 aromatic heterocycles. The second-order valence-corrected chi connectivity index (χ2v) is 6.52. The highest BCUT2D eigenvalue weighted by Crippen LogP contribution is 2.22. The molecular formula is C26H46N2O. The standard InChI is InChI=1S/C16H22N2O.C6H12.2C2H6/c1-8-12(4)17-15(7)18-13(5)16(9-2)10-11(3)14(6)19;1-6-4-2-3-5-6;2*1-2/h8-10,17H,1,4,7H2,2-3,5-6H3;6H,2-5H2,1H3;2*1-2H3/b11-10+,16-9-,18-13-;;;. The number of ketones is 1. The predicted molar refractivity (Wildman–Crippen MR) is 133 cm³/mol. The summed E-state index contributed by atoms with van der Waals surface area (Å²) in [5, 5.41) is 2.91. The smallest absolute Gasteiger partial charge is 0.155 e. The first kappa shape index (κ1) is 31.5. The third-order valence-corrected chi connectivity index (χ3v) is 4.15. The van der Waals surface area contributed by atoms with Crippen molar-refractivity contribution in [1.29, 1.82) is 0 Å². The van der Waals surface area contributed by atoms with Gasteiger partial charge in [0.05, 0.1) is 0 Å². The molecule has 3 nitrogen and oxygen atoms in total. The van der Waals surface area contributed by atoms with Gasteiger partial charge in [0.1, 0.15) is 5.82 Å². The maximum atomic E-state index is 11.2. The van der Waals surface area contributed by atoms with Crippen LogP contribution < -0.4 is 5.32 Å². The van der Waals surface area contributed by atoms with Crippen LogP contribution in [0.3, 0.4) is 0 Å². The van der Waals surface area contributed by atoms with E-state index in [0.717, 1.165) is 17.2 Å². The monoisotopic (exact) mass is 402 g/mol. The van der Waals surface area contributed by atoms with Gasteiger partial charge in [-0.15, -0.1) is 0 Å². The molecule has 1 rings (SSSR count). The van der Waals surface area contributed by atoms with Crippen molar-refractivity contribution >= 4 is 11.5 Å². The van der Waals surface area contributed by atoms with Gasteiger partial charge in [0.2, 0.25) is 0 Å². The van der Waals surface area contributed by atoms with E-state index in [1.807, 2.05) is 53.7 Å². The van der Waals surface area contributed by atoms with Crippen molar-refractivity contribution in [3.63, 3.8) is 0 Å². The lowest BCUT2D eigenvalue weighted by atomic mass is 10.1. The summed E-state index contributed by atoms with van der Waals surface area (Å²) < 4.78 is 0. The third-order valence-electron chi connectivity index (χ3n) is 4.15. The largest absolute Gasteiger partial charge is 0.341 e. The average molecular weight is 403 g/mol. The van der Waals surface area contributed by atoms with Gasteiger partial charge in [-0.05, 0) is 56.9 Å². The molecule has 0 spiro atoms. The minimum absolute atomic E-state index is 0.0455. The average Bonchev–Trinajstić information content (AvgIpc) is 3.19. The van der Waals surface area contributed by atoms with Crippen molar-refractivity contribution < 1.29 is 4.79 Å². The van der Waals surface area contributed by atoms with Crippen molar-refractivity contribution in [2.24, 2.45) is 10.9 Å². The van der Waals surface area contributed by atoms with Crippen molar-refractivity contribution in [1.82, 2.24) is 5.32 Å². The Balaban J connectivity index is -0.000000555. The normalized spacial score (nSPS) is 14.2. The molecule has 0 amide bonds. The molecule has 0 aromatic rings. The minimum atomic E-state index is 0.0455. The van der Waals surface area contributed by atoms with E-state index in [1.54, 1.807) is 19.9 Å². The van der Waals surface area contributed by atoms with Crippen LogP contribution >= 0.6 is 0 Å². The number of allylic oxidation sites excluding steroid dienone is 5. The molecule has 0 aliphatic heterocycles. The van der Waals surface area contributed by atoms with Gasteiger partial charge >= 0.3 is 0 Å². The molecular weight excluding hydrogens is 356 g/mol. The molecule has 0 radical (unpaired) electrons. The maximum Gasteiger partial charge on any atom is 0.155 e. The second-order valence-electron chi connectivity index (χ2n) is 6.52. The molecule has 1 aliphatic rings. The lowest BCUT2D eigenvalue weighted by Gasteiger charge is -2.07. The SMILES string of the molecule is C=CC(=C)NC(=C)\N=C(C)/C(=C\C)/C=C(\C)C(C)=O.CC.CC.CC1CCCC1. The number of rotatable bonds is 7. The lowest BCUT2D eigenvalue weighted by molar-refractivity contribution is -0.113. The molecule has 0 heterocycles. The van der Waals surface area contributed by atoms with E-state index >= 15 is 0 Å². The van der Waals surface area contributed by atoms with Gasteiger partial charge in [0.25, 0.3) is 0 Å². The summed E-state index contributed by atoms with van der Waals surface area (Å²) in [5.74, 6) is 1.57. The number of nitrogens with zero attached hydrogens (tertiary/aromatic N) is 1.